The summed E-state index contributed by atoms with van der Waals surface area (Å²) < 4.78 is 4.97. The number of hydrogen-bond donors (Lipinski definition) is 1. The molecule has 5 heteroatoms. The first-order valence-electron chi connectivity index (χ1n) is 8.35. The fourth-order valence-corrected chi connectivity index (χ4v) is 3.35. The van der Waals surface area contributed by atoms with Crippen molar-refractivity contribution < 1.29 is 9.53 Å². The van der Waals surface area contributed by atoms with Crippen molar-refractivity contribution >= 4 is 11.8 Å². The van der Waals surface area contributed by atoms with Gasteiger partial charge < -0.3 is 10.2 Å². The van der Waals surface area contributed by atoms with Gasteiger partial charge in [0.2, 0.25) is 0 Å². The van der Waals surface area contributed by atoms with E-state index in [-0.39, 0.29) is 12.1 Å². The van der Waals surface area contributed by atoms with E-state index >= 15 is 0 Å². The molecule has 1 aromatic rings. The molecule has 1 unspecified atom stereocenters. The van der Waals surface area contributed by atoms with Crippen molar-refractivity contribution in [1.29, 1.82) is 0 Å². The maximum absolute atomic E-state index is 12.2. The number of rotatable bonds is 4. The third-order valence-corrected chi connectivity index (χ3v) is 5.04. The van der Waals surface area contributed by atoms with Gasteiger partial charge in [0.25, 0.3) is 0 Å². The van der Waals surface area contributed by atoms with Crippen LogP contribution < -0.4 is 5.43 Å². The summed E-state index contributed by atoms with van der Waals surface area (Å²) in [4.78, 5) is 16.9. The second-order valence-corrected chi connectivity index (χ2v) is 6.45. The first kappa shape index (κ1) is 16.0. The zero-order valence-electron chi connectivity index (χ0n) is 14.3. The van der Waals surface area contributed by atoms with Gasteiger partial charge in [0.1, 0.15) is 12.0 Å². The topological polar surface area (TPSA) is 53.9 Å². The van der Waals surface area contributed by atoms with Gasteiger partial charge in [-0.3, -0.25) is 0 Å². The van der Waals surface area contributed by atoms with Crippen LogP contribution in [0.2, 0.25) is 0 Å². The fourth-order valence-electron chi connectivity index (χ4n) is 3.35. The molecule has 1 atom stereocenters. The van der Waals surface area contributed by atoms with Gasteiger partial charge in [0.05, 0.1) is 12.7 Å². The number of benzene rings is 1. The van der Waals surface area contributed by atoms with E-state index in [4.69, 9.17) is 9.73 Å². The number of nitrogens with one attached hydrogen (secondary N) is 1. The summed E-state index contributed by atoms with van der Waals surface area (Å²) >= 11 is 0. The average Bonchev–Trinajstić information content (AvgIpc) is 2.87. The predicted molar refractivity (Wildman–Crippen MR) is 90.6 cm³/mol. The van der Waals surface area contributed by atoms with Gasteiger partial charge >= 0.3 is 5.97 Å². The Balaban J connectivity index is 2.05. The summed E-state index contributed by atoms with van der Waals surface area (Å²) in [6.45, 7) is 4.14. The second-order valence-electron chi connectivity index (χ2n) is 6.45. The van der Waals surface area contributed by atoms with Gasteiger partial charge in [-0.15, -0.1) is 0 Å². The van der Waals surface area contributed by atoms with Crippen molar-refractivity contribution in [1.82, 2.24) is 10.4 Å². The predicted octanol–water partition coefficient (Wildman–Crippen LogP) is 2.98. The van der Waals surface area contributed by atoms with Gasteiger partial charge in [-0.05, 0) is 55.4 Å². The average molecular weight is 315 g/mol. The van der Waals surface area contributed by atoms with Crippen LogP contribution in [0.3, 0.4) is 0 Å². The van der Waals surface area contributed by atoms with E-state index in [1.807, 2.05) is 25.0 Å². The molecule has 1 heterocycles. The first-order valence-corrected chi connectivity index (χ1v) is 8.35. The SMILES string of the molecule is CCC1N=C(c2cc(C(=O)OC)c(C)c(C3CCC3)c2)NN1C. The summed E-state index contributed by atoms with van der Waals surface area (Å²) in [5.74, 6) is 1.12. The second kappa shape index (κ2) is 6.32. The standard InChI is InChI=1S/C18H25N3O2/c1-5-16-19-17(20-21(16)3)13-9-14(12-7-6-8-12)11(2)15(10-13)18(22)23-4/h9-10,12,16H,5-8H2,1-4H3,(H,19,20). The zero-order valence-corrected chi connectivity index (χ0v) is 14.3. The number of aliphatic imine (C=N–C) groups is 1. The Morgan fingerprint density at radius 2 is 2.17 bits per heavy atom. The number of nitrogens with zero attached hydrogens (tertiary/aromatic N) is 2. The molecule has 0 spiro atoms. The molecule has 1 saturated carbocycles. The Bertz CT molecular complexity index is 650. The number of amidine groups is 1. The molecule has 1 aliphatic heterocycles. The Morgan fingerprint density at radius 1 is 1.43 bits per heavy atom. The smallest absolute Gasteiger partial charge is 0.338 e. The van der Waals surface area contributed by atoms with Crippen LogP contribution >= 0.6 is 0 Å². The van der Waals surface area contributed by atoms with Crippen LogP contribution in [0.25, 0.3) is 0 Å². The summed E-state index contributed by atoms with van der Waals surface area (Å²) in [6.07, 6.45) is 4.74. The van der Waals surface area contributed by atoms with Crippen LogP contribution in [0.1, 0.15) is 65.6 Å². The highest BCUT2D eigenvalue weighted by Gasteiger charge is 2.28. The van der Waals surface area contributed by atoms with Crippen LogP contribution in [0.5, 0.6) is 0 Å². The van der Waals surface area contributed by atoms with Crippen molar-refractivity contribution in [3.63, 3.8) is 0 Å². The molecule has 0 amide bonds. The third-order valence-electron chi connectivity index (χ3n) is 5.04. The summed E-state index contributed by atoms with van der Waals surface area (Å²) in [7, 11) is 3.43. The monoisotopic (exact) mass is 315 g/mol. The largest absolute Gasteiger partial charge is 0.465 e. The lowest BCUT2D eigenvalue weighted by atomic mass is 9.77. The number of hydrogen-bond acceptors (Lipinski definition) is 5. The molecular weight excluding hydrogens is 290 g/mol. The van der Waals surface area contributed by atoms with Crippen LogP contribution in [-0.2, 0) is 4.74 Å². The van der Waals surface area contributed by atoms with Crippen molar-refractivity contribution in [2.45, 2.75) is 51.6 Å². The number of carbonyl (C=O) groups is 1. The number of ether oxygens (including phenoxy) is 1. The number of hydrazine groups is 1. The molecule has 0 bridgehead atoms. The number of methoxy groups -OCH3 is 1. The highest BCUT2D eigenvalue weighted by Crippen LogP contribution is 2.39. The van der Waals surface area contributed by atoms with Gasteiger partial charge in [-0.25, -0.2) is 14.8 Å². The van der Waals surface area contributed by atoms with E-state index < -0.39 is 0 Å². The van der Waals surface area contributed by atoms with E-state index in [0.717, 1.165) is 23.4 Å². The number of esters is 1. The van der Waals surface area contributed by atoms with E-state index in [1.54, 1.807) is 0 Å². The highest BCUT2D eigenvalue weighted by molar-refractivity contribution is 6.02. The quantitative estimate of drug-likeness (QED) is 0.868. The van der Waals surface area contributed by atoms with Crippen molar-refractivity contribution in [2.24, 2.45) is 4.99 Å². The lowest BCUT2D eigenvalue weighted by molar-refractivity contribution is 0.0599. The Labute approximate surface area is 137 Å². The van der Waals surface area contributed by atoms with Crippen molar-refractivity contribution in [3.05, 3.63) is 34.4 Å². The molecule has 1 aliphatic carbocycles. The van der Waals surface area contributed by atoms with Gasteiger partial charge in [-0.2, -0.15) is 0 Å². The molecular formula is C18H25N3O2. The highest BCUT2D eigenvalue weighted by atomic mass is 16.5. The van der Waals surface area contributed by atoms with Crippen LogP contribution in [-0.4, -0.2) is 37.1 Å². The van der Waals surface area contributed by atoms with Crippen LogP contribution in [0, 0.1) is 6.92 Å². The minimum atomic E-state index is -0.274. The molecule has 0 saturated heterocycles. The molecule has 3 rings (SSSR count). The molecule has 1 N–H and O–H groups in total. The molecule has 0 aromatic heterocycles. The fraction of sp³-hybridized carbons (Fsp3) is 0.556. The third kappa shape index (κ3) is 2.85. The normalized spacial score (nSPS) is 21.6. The molecule has 1 aromatic carbocycles. The summed E-state index contributed by atoms with van der Waals surface area (Å²) in [5, 5.41) is 2.01. The summed E-state index contributed by atoms with van der Waals surface area (Å²) in [5.41, 5.74) is 7.24. The maximum atomic E-state index is 12.2. The molecule has 5 nitrogen and oxygen atoms in total. The van der Waals surface area contributed by atoms with Gasteiger partial charge in [0, 0.05) is 12.6 Å². The summed E-state index contributed by atoms with van der Waals surface area (Å²) in [6, 6.07) is 4.10. The van der Waals surface area contributed by atoms with Crippen molar-refractivity contribution in [3.8, 4) is 0 Å². The molecule has 2 aliphatic rings. The Kier molecular flexibility index (Phi) is 4.39. The molecule has 23 heavy (non-hydrogen) atoms. The van der Waals surface area contributed by atoms with E-state index in [2.05, 4.69) is 18.4 Å². The zero-order chi connectivity index (χ0) is 16.6. The Hall–Kier alpha value is -1.88. The van der Waals surface area contributed by atoms with Crippen molar-refractivity contribution in [2.75, 3.05) is 14.2 Å². The Morgan fingerprint density at radius 3 is 2.70 bits per heavy atom. The minimum Gasteiger partial charge on any atom is -0.465 e. The van der Waals surface area contributed by atoms with E-state index in [9.17, 15) is 4.79 Å². The number of carbonyl (C=O) groups excluding carboxylic acids is 1. The lowest BCUT2D eigenvalue weighted by Gasteiger charge is -2.28. The van der Waals surface area contributed by atoms with E-state index in [1.165, 1.54) is 31.9 Å². The molecule has 1 fully saturated rings. The van der Waals surface area contributed by atoms with Crippen LogP contribution in [0.4, 0.5) is 0 Å². The van der Waals surface area contributed by atoms with Crippen LogP contribution in [0.15, 0.2) is 17.1 Å². The maximum Gasteiger partial charge on any atom is 0.338 e. The first-order chi connectivity index (χ1) is 11.0. The molecule has 124 valence electrons. The lowest BCUT2D eigenvalue weighted by Crippen LogP contribution is -2.37. The van der Waals surface area contributed by atoms with E-state index in [0.29, 0.717) is 11.5 Å². The molecule has 0 radical (unpaired) electrons. The van der Waals surface area contributed by atoms with Gasteiger partial charge in [-0.1, -0.05) is 13.3 Å². The minimum absolute atomic E-state index is 0.139. The van der Waals surface area contributed by atoms with Gasteiger partial charge in [0.15, 0.2) is 0 Å².